The average Bonchev–Trinajstić information content (AvgIpc) is 2.59. The van der Waals surface area contributed by atoms with Crippen molar-refractivity contribution in [1.29, 1.82) is 0 Å². The van der Waals surface area contributed by atoms with Gasteiger partial charge in [-0.15, -0.1) is 5.10 Å². The molecule has 0 spiro atoms. The Labute approximate surface area is 96.5 Å². The summed E-state index contributed by atoms with van der Waals surface area (Å²) >= 11 is 0. The SMILES string of the molecule is CC(C)c1ccc(C(C)C)c2c1nnn2C. The van der Waals surface area contributed by atoms with Gasteiger partial charge in [0.05, 0.1) is 5.52 Å². The molecule has 0 aliphatic carbocycles. The first-order valence-electron chi connectivity index (χ1n) is 5.84. The summed E-state index contributed by atoms with van der Waals surface area (Å²) in [6, 6.07) is 4.41. The molecule has 0 amide bonds. The normalized spacial score (nSPS) is 11.9. The van der Waals surface area contributed by atoms with Crippen LogP contribution in [0.4, 0.5) is 0 Å². The van der Waals surface area contributed by atoms with E-state index in [9.17, 15) is 0 Å². The fraction of sp³-hybridized carbons (Fsp3) is 0.538. The van der Waals surface area contributed by atoms with Gasteiger partial charge in [-0.3, -0.25) is 0 Å². The van der Waals surface area contributed by atoms with Crippen LogP contribution < -0.4 is 0 Å². The molecule has 0 unspecified atom stereocenters. The highest BCUT2D eigenvalue weighted by atomic mass is 15.4. The van der Waals surface area contributed by atoms with Crippen LogP contribution >= 0.6 is 0 Å². The summed E-state index contributed by atoms with van der Waals surface area (Å²) in [6.07, 6.45) is 0. The quantitative estimate of drug-likeness (QED) is 0.773. The predicted molar refractivity (Wildman–Crippen MR) is 66.7 cm³/mol. The number of aromatic nitrogens is 3. The Kier molecular flexibility index (Phi) is 2.70. The molecule has 0 atom stereocenters. The molecule has 86 valence electrons. The number of rotatable bonds is 2. The Morgan fingerprint density at radius 2 is 1.56 bits per heavy atom. The minimum atomic E-state index is 0.486. The minimum absolute atomic E-state index is 0.486. The van der Waals surface area contributed by atoms with E-state index in [4.69, 9.17) is 0 Å². The summed E-state index contributed by atoms with van der Waals surface area (Å²) in [5, 5.41) is 8.44. The number of fused-ring (bicyclic) bond motifs is 1. The summed E-state index contributed by atoms with van der Waals surface area (Å²) in [7, 11) is 1.96. The average molecular weight is 217 g/mol. The third-order valence-corrected chi connectivity index (χ3v) is 3.06. The molecule has 2 rings (SSSR count). The number of benzene rings is 1. The van der Waals surface area contributed by atoms with Crippen molar-refractivity contribution in [3.8, 4) is 0 Å². The molecule has 0 radical (unpaired) electrons. The zero-order valence-electron chi connectivity index (χ0n) is 10.7. The zero-order valence-corrected chi connectivity index (χ0v) is 10.7. The van der Waals surface area contributed by atoms with Crippen LogP contribution in [0, 0.1) is 0 Å². The van der Waals surface area contributed by atoms with Crippen LogP contribution in [0.3, 0.4) is 0 Å². The van der Waals surface area contributed by atoms with Crippen LogP contribution in [0.25, 0.3) is 11.0 Å². The van der Waals surface area contributed by atoms with Gasteiger partial charge in [0.25, 0.3) is 0 Å². The second-order valence-corrected chi connectivity index (χ2v) is 4.96. The van der Waals surface area contributed by atoms with Crippen molar-refractivity contribution in [1.82, 2.24) is 15.0 Å². The van der Waals surface area contributed by atoms with Gasteiger partial charge >= 0.3 is 0 Å². The first-order valence-corrected chi connectivity index (χ1v) is 5.84. The van der Waals surface area contributed by atoms with Gasteiger partial charge in [0.2, 0.25) is 0 Å². The van der Waals surface area contributed by atoms with Gasteiger partial charge in [-0.05, 0) is 23.0 Å². The topological polar surface area (TPSA) is 30.7 Å². The van der Waals surface area contributed by atoms with Crippen LogP contribution in [0.15, 0.2) is 12.1 Å². The van der Waals surface area contributed by atoms with Gasteiger partial charge in [0.1, 0.15) is 5.52 Å². The summed E-state index contributed by atoms with van der Waals surface area (Å²) < 4.78 is 1.89. The standard InChI is InChI=1S/C13H19N3/c1-8(2)10-6-7-11(9(3)4)13-12(10)14-15-16(13)5/h6-9H,1-5H3. The van der Waals surface area contributed by atoms with Crippen molar-refractivity contribution in [2.24, 2.45) is 7.05 Å². The predicted octanol–water partition coefficient (Wildman–Crippen LogP) is 3.22. The number of hydrogen-bond acceptors (Lipinski definition) is 2. The molecule has 3 nitrogen and oxygen atoms in total. The maximum atomic E-state index is 4.30. The van der Waals surface area contributed by atoms with Crippen LogP contribution in [0.2, 0.25) is 0 Å². The lowest BCUT2D eigenvalue weighted by molar-refractivity contribution is 0.729. The van der Waals surface area contributed by atoms with E-state index in [0.29, 0.717) is 11.8 Å². The largest absolute Gasteiger partial charge is 0.247 e. The second kappa shape index (κ2) is 3.89. The molecule has 0 saturated heterocycles. The lowest BCUT2D eigenvalue weighted by Crippen LogP contribution is -1.98. The van der Waals surface area contributed by atoms with Gasteiger partial charge in [-0.2, -0.15) is 0 Å². The monoisotopic (exact) mass is 217 g/mol. The molecule has 0 aliphatic heterocycles. The Bertz CT molecular complexity index is 509. The lowest BCUT2D eigenvalue weighted by atomic mass is 9.95. The fourth-order valence-corrected chi connectivity index (χ4v) is 2.14. The van der Waals surface area contributed by atoms with E-state index < -0.39 is 0 Å². The first-order chi connectivity index (χ1) is 7.52. The third-order valence-electron chi connectivity index (χ3n) is 3.06. The van der Waals surface area contributed by atoms with Crippen molar-refractivity contribution in [2.45, 2.75) is 39.5 Å². The Morgan fingerprint density at radius 3 is 2.12 bits per heavy atom. The Morgan fingerprint density at radius 1 is 1.00 bits per heavy atom. The minimum Gasteiger partial charge on any atom is -0.247 e. The molecule has 1 aromatic heterocycles. The molecule has 16 heavy (non-hydrogen) atoms. The maximum Gasteiger partial charge on any atom is 0.116 e. The molecule has 0 N–H and O–H groups in total. The lowest BCUT2D eigenvalue weighted by Gasteiger charge is -2.12. The molecular weight excluding hydrogens is 198 g/mol. The van der Waals surface area contributed by atoms with Crippen molar-refractivity contribution in [2.75, 3.05) is 0 Å². The van der Waals surface area contributed by atoms with Crippen LogP contribution in [-0.2, 0) is 7.05 Å². The van der Waals surface area contributed by atoms with Crippen molar-refractivity contribution in [3.63, 3.8) is 0 Å². The smallest absolute Gasteiger partial charge is 0.116 e. The fourth-order valence-electron chi connectivity index (χ4n) is 2.14. The van der Waals surface area contributed by atoms with Crippen LogP contribution in [0.1, 0.15) is 50.7 Å². The molecule has 0 bridgehead atoms. The van der Waals surface area contributed by atoms with Gasteiger partial charge < -0.3 is 0 Å². The van der Waals surface area contributed by atoms with E-state index in [1.165, 1.54) is 16.6 Å². The van der Waals surface area contributed by atoms with Gasteiger partial charge in [-0.25, -0.2) is 4.68 Å². The highest BCUT2D eigenvalue weighted by Gasteiger charge is 2.15. The third kappa shape index (κ3) is 1.60. The number of nitrogens with zero attached hydrogens (tertiary/aromatic N) is 3. The summed E-state index contributed by atoms with van der Waals surface area (Å²) in [5.74, 6) is 0.987. The second-order valence-electron chi connectivity index (χ2n) is 4.96. The maximum absolute atomic E-state index is 4.30. The highest BCUT2D eigenvalue weighted by molar-refractivity contribution is 5.82. The Balaban J connectivity index is 2.79. The van der Waals surface area contributed by atoms with E-state index in [0.717, 1.165) is 5.52 Å². The van der Waals surface area contributed by atoms with Crippen molar-refractivity contribution >= 4 is 11.0 Å². The number of aryl methyl sites for hydroxylation is 1. The molecule has 1 aromatic carbocycles. The molecule has 0 saturated carbocycles. The molecular formula is C13H19N3. The zero-order chi connectivity index (χ0) is 11.9. The molecule has 1 heterocycles. The summed E-state index contributed by atoms with van der Waals surface area (Å²) in [6.45, 7) is 8.80. The van der Waals surface area contributed by atoms with Crippen molar-refractivity contribution < 1.29 is 0 Å². The van der Waals surface area contributed by atoms with Gasteiger partial charge in [0.15, 0.2) is 0 Å². The Hall–Kier alpha value is -1.38. The van der Waals surface area contributed by atoms with E-state index in [1.807, 2.05) is 11.7 Å². The highest BCUT2D eigenvalue weighted by Crippen LogP contribution is 2.29. The number of hydrogen-bond donors (Lipinski definition) is 0. The molecule has 0 fully saturated rings. The van der Waals surface area contributed by atoms with Gasteiger partial charge in [0, 0.05) is 7.05 Å². The molecule has 2 aromatic rings. The molecule has 0 aliphatic rings. The van der Waals surface area contributed by atoms with E-state index in [1.54, 1.807) is 0 Å². The first kappa shape index (κ1) is 11.1. The van der Waals surface area contributed by atoms with Crippen LogP contribution in [-0.4, -0.2) is 15.0 Å². The van der Waals surface area contributed by atoms with E-state index >= 15 is 0 Å². The molecule has 3 heteroatoms. The van der Waals surface area contributed by atoms with E-state index in [2.05, 4.69) is 50.1 Å². The van der Waals surface area contributed by atoms with Crippen LogP contribution in [0.5, 0.6) is 0 Å². The van der Waals surface area contributed by atoms with E-state index in [-0.39, 0.29) is 0 Å². The summed E-state index contributed by atoms with van der Waals surface area (Å²) in [5.41, 5.74) is 4.85. The summed E-state index contributed by atoms with van der Waals surface area (Å²) in [4.78, 5) is 0. The van der Waals surface area contributed by atoms with Gasteiger partial charge in [-0.1, -0.05) is 45.0 Å². The van der Waals surface area contributed by atoms with Crippen molar-refractivity contribution in [3.05, 3.63) is 23.3 Å².